The number of methoxy groups -OCH3 is 2. The van der Waals surface area contributed by atoms with Gasteiger partial charge in [-0.15, -0.1) is 0 Å². The fraction of sp³-hybridized carbons (Fsp3) is 0.367. The lowest BCUT2D eigenvalue weighted by Crippen LogP contribution is -2.50. The number of carbonyl (C=O) groups is 2. The van der Waals surface area contributed by atoms with Crippen LogP contribution in [0.15, 0.2) is 146 Å². The molecule has 1 aliphatic heterocycles. The summed E-state index contributed by atoms with van der Waals surface area (Å²) in [6.45, 7) is 19.2. The topological polar surface area (TPSA) is 193 Å². The predicted molar refractivity (Wildman–Crippen MR) is 308 cm³/mol. The molecule has 0 saturated carbocycles. The van der Waals surface area contributed by atoms with Crippen LogP contribution < -0.4 is 20.1 Å². The number of nitrogens with one attached hydrogen (secondary N) is 2. The highest BCUT2D eigenvalue weighted by Gasteiger charge is 2.55. The first-order valence-electron chi connectivity index (χ1n) is 26.4. The van der Waals surface area contributed by atoms with Crippen molar-refractivity contribution in [1.82, 2.24) is 24.2 Å². The van der Waals surface area contributed by atoms with E-state index in [1.54, 1.807) is 73.6 Å². The van der Waals surface area contributed by atoms with Crippen LogP contribution in [0.1, 0.15) is 98.5 Å². The van der Waals surface area contributed by atoms with E-state index >= 15 is 0 Å². The molecule has 0 bridgehead atoms. The van der Waals surface area contributed by atoms with Gasteiger partial charge in [0.2, 0.25) is 5.95 Å². The first-order valence-corrected chi connectivity index (χ1v) is 30.5. The van der Waals surface area contributed by atoms with Crippen molar-refractivity contribution in [1.29, 1.82) is 5.26 Å². The maximum atomic E-state index is 13.9. The Morgan fingerprint density at radius 2 is 1.27 bits per heavy atom. The Labute approximate surface area is 465 Å². The molecule has 2 aromatic heterocycles. The molecule has 1 unspecified atom stereocenters. The van der Waals surface area contributed by atoms with Gasteiger partial charge in [-0.3, -0.25) is 19.5 Å². The number of nitrogens with zero attached hydrogens (tertiary/aromatic N) is 6. The molecule has 5 atom stereocenters. The Morgan fingerprint density at radius 1 is 0.747 bits per heavy atom. The summed E-state index contributed by atoms with van der Waals surface area (Å²) in [7, 11) is -1.43. The third kappa shape index (κ3) is 13.1. The van der Waals surface area contributed by atoms with Crippen LogP contribution in [-0.4, -0.2) is 102 Å². The van der Waals surface area contributed by atoms with E-state index in [-0.39, 0.29) is 59.7 Å². The van der Waals surface area contributed by atoms with E-state index < -0.39 is 58.8 Å². The van der Waals surface area contributed by atoms with E-state index in [0.717, 1.165) is 16.7 Å². The lowest BCUT2D eigenvalue weighted by Gasteiger charge is -2.42. The molecule has 3 heterocycles. The van der Waals surface area contributed by atoms with E-state index in [9.17, 15) is 14.9 Å². The summed E-state index contributed by atoms with van der Waals surface area (Å²) < 4.78 is 52.1. The van der Waals surface area contributed by atoms with E-state index in [1.807, 2.05) is 91.0 Å². The minimum absolute atomic E-state index is 0.0417. The Hall–Kier alpha value is -6.91. The molecule has 2 amide bonds. The van der Waals surface area contributed by atoms with Crippen molar-refractivity contribution in [3.8, 4) is 17.6 Å². The molecular formula is C60H71N8O9PSi. The Balaban J connectivity index is 1.34. The summed E-state index contributed by atoms with van der Waals surface area (Å²) in [5.41, 5.74) is 2.41. The summed E-state index contributed by atoms with van der Waals surface area (Å²) in [6, 6.07) is 45.2. The second-order valence-electron chi connectivity index (χ2n) is 21.2. The van der Waals surface area contributed by atoms with E-state index in [2.05, 4.69) is 87.9 Å². The number of hydrogen-bond acceptors (Lipinski definition) is 14. The number of fused-ring (bicyclic) bond motifs is 1. The van der Waals surface area contributed by atoms with Gasteiger partial charge in [0.15, 0.2) is 31.5 Å². The van der Waals surface area contributed by atoms with Crippen LogP contribution in [0, 0.1) is 11.3 Å². The molecule has 17 nitrogen and oxygen atoms in total. The highest BCUT2D eigenvalue weighted by Crippen LogP contribution is 2.53. The van der Waals surface area contributed by atoms with Crippen molar-refractivity contribution in [2.24, 2.45) is 0 Å². The van der Waals surface area contributed by atoms with Gasteiger partial charge in [-0.2, -0.15) is 15.2 Å². The quantitative estimate of drug-likeness (QED) is 0.0266. The van der Waals surface area contributed by atoms with Crippen molar-refractivity contribution >= 4 is 51.6 Å². The number of amides is 2. The number of aromatic nitrogens is 4. The van der Waals surface area contributed by atoms with Crippen molar-refractivity contribution < 1.29 is 42.0 Å². The summed E-state index contributed by atoms with van der Waals surface area (Å²) in [5, 5.41) is 15.3. The smallest absolute Gasteiger partial charge is 0.259 e. The molecule has 2 N–H and O–H groups in total. The van der Waals surface area contributed by atoms with Gasteiger partial charge in [0.05, 0.1) is 46.3 Å². The van der Waals surface area contributed by atoms with E-state index in [0.29, 0.717) is 22.6 Å². The van der Waals surface area contributed by atoms with Crippen molar-refractivity contribution in [2.45, 2.75) is 115 Å². The van der Waals surface area contributed by atoms with Gasteiger partial charge in [-0.25, -0.2) is 9.65 Å². The molecule has 0 aliphatic carbocycles. The minimum atomic E-state index is -2.79. The summed E-state index contributed by atoms with van der Waals surface area (Å²) in [4.78, 5) is 42.3. The monoisotopic (exact) mass is 1110 g/mol. The maximum Gasteiger partial charge on any atom is 0.259 e. The van der Waals surface area contributed by atoms with Gasteiger partial charge in [0, 0.05) is 23.2 Å². The van der Waals surface area contributed by atoms with Crippen LogP contribution in [-0.2, 0) is 28.5 Å². The highest BCUT2D eigenvalue weighted by atomic mass is 31.2. The third-order valence-electron chi connectivity index (χ3n) is 14.3. The number of benzene rings is 5. The summed E-state index contributed by atoms with van der Waals surface area (Å²) in [6.07, 6.45) is -2.02. The van der Waals surface area contributed by atoms with Gasteiger partial charge in [0.1, 0.15) is 35.4 Å². The number of carbonyl (C=O) groups excluding carboxylic acids is 2. The van der Waals surface area contributed by atoms with Gasteiger partial charge in [-0.05, 0) is 111 Å². The molecule has 414 valence electrons. The van der Waals surface area contributed by atoms with E-state index in [4.69, 9.17) is 42.4 Å². The first kappa shape index (κ1) is 58.2. The van der Waals surface area contributed by atoms with E-state index in [1.165, 1.54) is 0 Å². The van der Waals surface area contributed by atoms with Gasteiger partial charge in [0.25, 0.3) is 20.3 Å². The highest BCUT2D eigenvalue weighted by molar-refractivity contribution is 7.44. The summed E-state index contributed by atoms with van der Waals surface area (Å²) >= 11 is 0. The first-order chi connectivity index (χ1) is 37.9. The Morgan fingerprint density at radius 3 is 1.77 bits per heavy atom. The van der Waals surface area contributed by atoms with Crippen LogP contribution in [0.5, 0.6) is 11.5 Å². The SMILES string of the molecule is COc1ccc(C(OC[C@H]2O[C@@H](n3cnc4c(NC(=O)c5ccccc5)nc(NC(=O)c5ccccc5)nc43)[C@H](O[Si](C)(C)C(C)(C)C)[C@@H]2OP(OCCC#N)N(C(C)C)C(C)C)(c2ccccc2)c2ccc(OC)cc2)cc1. The minimum Gasteiger partial charge on any atom is -0.497 e. The molecule has 1 saturated heterocycles. The zero-order chi connectivity index (χ0) is 56.5. The van der Waals surface area contributed by atoms with Crippen molar-refractivity contribution in [2.75, 3.05) is 38.1 Å². The van der Waals surface area contributed by atoms with Crippen LogP contribution in [0.4, 0.5) is 11.8 Å². The Bertz CT molecular complexity index is 3120. The van der Waals surface area contributed by atoms with Crippen molar-refractivity contribution in [3.05, 3.63) is 174 Å². The summed E-state index contributed by atoms with van der Waals surface area (Å²) in [5.74, 6) is 0.399. The maximum absolute atomic E-state index is 13.9. The molecule has 1 aliphatic rings. The number of nitriles is 1. The second kappa shape index (κ2) is 25.5. The molecule has 8 rings (SSSR count). The lowest BCUT2D eigenvalue weighted by molar-refractivity contribution is -0.0926. The number of ether oxygens (including phenoxy) is 4. The molecule has 5 aromatic carbocycles. The Kier molecular flexibility index (Phi) is 18.8. The largest absolute Gasteiger partial charge is 0.497 e. The van der Waals surface area contributed by atoms with Crippen LogP contribution >= 0.6 is 8.53 Å². The third-order valence-corrected chi connectivity index (χ3v) is 20.9. The van der Waals surface area contributed by atoms with Gasteiger partial charge in [-0.1, -0.05) is 112 Å². The van der Waals surface area contributed by atoms with Gasteiger partial charge < -0.3 is 37.7 Å². The lowest BCUT2D eigenvalue weighted by atomic mass is 9.80. The molecule has 0 spiro atoms. The standard InChI is InChI=1S/C60H71N8O9PSi/c1-40(2)68(41(3)4)78(74-37-21-36-61)76-51-49(38-73-60(44-26-19-14-20-27-44,45-28-32-47(71-8)33-29-45)46-30-34-48(72-9)35-31-46)75-57(52(51)77-79(10,11)59(5,6)7)67-39-62-50-53(63-55(69)42-22-15-12-16-23-42)64-58(65-54(50)67)66-56(70)43-24-17-13-18-25-43/h12-20,22-35,39-41,49,51-52,57H,21,37-38H2,1-11H3,(H2,63,64,65,66,69,70)/t49-,51-,52-,57-,78?/m1/s1. The van der Waals surface area contributed by atoms with Crippen LogP contribution in [0.2, 0.25) is 18.1 Å². The molecule has 19 heteroatoms. The van der Waals surface area contributed by atoms with Crippen molar-refractivity contribution in [3.63, 3.8) is 0 Å². The fourth-order valence-corrected chi connectivity index (χ4v) is 12.3. The molecule has 1 fully saturated rings. The average Bonchev–Trinajstić information content (AvgIpc) is 4.26. The number of hydrogen-bond donors (Lipinski definition) is 2. The number of anilines is 2. The van der Waals surface area contributed by atoms with Gasteiger partial charge >= 0.3 is 0 Å². The van der Waals surface area contributed by atoms with Crippen LogP contribution in [0.3, 0.4) is 0 Å². The zero-order valence-corrected chi connectivity index (χ0v) is 48.6. The van der Waals surface area contributed by atoms with Crippen LogP contribution in [0.25, 0.3) is 11.2 Å². The average molecular weight is 1110 g/mol. The molecule has 7 aromatic rings. The molecular weight excluding hydrogens is 1040 g/mol. The second-order valence-corrected chi connectivity index (χ2v) is 27.4. The molecule has 79 heavy (non-hydrogen) atoms. The number of rotatable bonds is 23. The normalized spacial score (nSPS) is 17.2. The number of imidazole rings is 1. The zero-order valence-electron chi connectivity index (χ0n) is 46.7. The molecule has 0 radical (unpaired) electrons. The fourth-order valence-electron chi connectivity index (χ4n) is 9.29. The predicted octanol–water partition coefficient (Wildman–Crippen LogP) is 12.3.